The fourth-order valence-electron chi connectivity index (χ4n) is 4.17. The van der Waals surface area contributed by atoms with Crippen molar-refractivity contribution >= 4 is 27.5 Å². The van der Waals surface area contributed by atoms with Crippen molar-refractivity contribution in [2.24, 2.45) is 0 Å². The Labute approximate surface area is 182 Å². The number of rotatable bonds is 4. The number of benzene rings is 2. The number of likely N-dealkylation sites (tertiary alicyclic amines) is 1. The number of halogens is 2. The van der Waals surface area contributed by atoms with Crippen molar-refractivity contribution in [3.8, 4) is 5.19 Å². The first-order chi connectivity index (χ1) is 15.1. The number of carbonyl (C=O) groups excluding carboxylic acids is 1. The summed E-state index contributed by atoms with van der Waals surface area (Å²) >= 11 is 1.13. The Kier molecular flexibility index (Phi) is 5.56. The molecule has 0 bridgehead atoms. The number of hydrogen-bond donors (Lipinski definition) is 2. The zero-order valence-corrected chi connectivity index (χ0v) is 17.5. The molecule has 3 aromatic rings. The van der Waals surface area contributed by atoms with E-state index in [1.54, 1.807) is 0 Å². The van der Waals surface area contributed by atoms with Gasteiger partial charge in [0.2, 0.25) is 5.91 Å². The average molecular weight is 445 g/mol. The maximum atomic E-state index is 13.9. The number of hydrazine groups is 1. The van der Waals surface area contributed by atoms with E-state index in [4.69, 9.17) is 4.74 Å². The van der Waals surface area contributed by atoms with E-state index in [0.29, 0.717) is 42.2 Å². The number of carbonyl (C=O) groups is 1. The lowest BCUT2D eigenvalue weighted by Gasteiger charge is -2.33. The highest BCUT2D eigenvalue weighted by molar-refractivity contribution is 7.20. The molecular weight excluding hydrogens is 422 g/mol. The van der Waals surface area contributed by atoms with E-state index in [9.17, 15) is 13.6 Å². The first kappa shape index (κ1) is 20.3. The Morgan fingerprint density at radius 2 is 1.90 bits per heavy atom. The molecule has 5 rings (SSSR count). The summed E-state index contributed by atoms with van der Waals surface area (Å²) in [5.74, 6) is -1.23. The normalized spacial score (nSPS) is 22.2. The first-order valence-electron chi connectivity index (χ1n) is 10.3. The number of fused-ring (bicyclic) bond motifs is 1. The lowest BCUT2D eigenvalue weighted by atomic mass is 10.0. The zero-order valence-electron chi connectivity index (χ0n) is 16.7. The molecule has 0 aliphatic carbocycles. The summed E-state index contributed by atoms with van der Waals surface area (Å²) in [4.78, 5) is 18.9. The van der Waals surface area contributed by atoms with Crippen LogP contribution in [0.2, 0.25) is 0 Å². The summed E-state index contributed by atoms with van der Waals surface area (Å²) in [5.41, 5.74) is 7.63. The fourth-order valence-corrected chi connectivity index (χ4v) is 5.09. The van der Waals surface area contributed by atoms with E-state index >= 15 is 0 Å². The molecule has 0 spiro atoms. The number of hydrogen-bond acceptors (Lipinski definition) is 6. The molecule has 1 aromatic heterocycles. The second kappa shape index (κ2) is 8.49. The van der Waals surface area contributed by atoms with Crippen LogP contribution in [0, 0.1) is 11.6 Å². The van der Waals surface area contributed by atoms with Crippen LogP contribution in [0.5, 0.6) is 5.19 Å². The molecule has 2 fully saturated rings. The van der Waals surface area contributed by atoms with Crippen LogP contribution in [0.15, 0.2) is 42.5 Å². The van der Waals surface area contributed by atoms with Crippen molar-refractivity contribution in [1.29, 1.82) is 0 Å². The van der Waals surface area contributed by atoms with Gasteiger partial charge in [-0.2, -0.15) is 4.98 Å². The molecule has 162 valence electrons. The predicted molar refractivity (Wildman–Crippen MR) is 114 cm³/mol. The molecule has 2 aromatic carbocycles. The molecule has 3 heterocycles. The summed E-state index contributed by atoms with van der Waals surface area (Å²) in [5, 5.41) is 0.330. The number of nitrogens with zero attached hydrogens (tertiary/aromatic N) is 2. The number of amides is 1. The van der Waals surface area contributed by atoms with Gasteiger partial charge in [-0.15, -0.1) is 0 Å². The molecule has 2 aliphatic heterocycles. The first-order valence-corrected chi connectivity index (χ1v) is 11.2. The van der Waals surface area contributed by atoms with Gasteiger partial charge in [-0.3, -0.25) is 4.79 Å². The summed E-state index contributed by atoms with van der Waals surface area (Å²) in [6.45, 7) is 1.18. The Bertz CT molecular complexity index is 1090. The van der Waals surface area contributed by atoms with Crippen LogP contribution in [0.25, 0.3) is 10.2 Å². The van der Waals surface area contributed by atoms with Gasteiger partial charge in [-0.1, -0.05) is 41.7 Å². The SMILES string of the molecule is O=C(C1CC(c2ccccc2)NN1)N1CCC(Oc2nc3c(F)cc(F)cc3s2)CC1. The standard InChI is InChI=1S/C22H22F2N4O2S/c23-14-10-16(24)20-19(11-14)31-22(25-20)30-15-6-8-28(9-7-15)21(29)18-12-17(26-27-18)13-4-2-1-3-5-13/h1-5,10-11,15,17-18,26-27H,6-9,12H2. The van der Waals surface area contributed by atoms with Gasteiger partial charge >= 0.3 is 0 Å². The molecule has 31 heavy (non-hydrogen) atoms. The quantitative estimate of drug-likeness (QED) is 0.644. The molecule has 2 saturated heterocycles. The van der Waals surface area contributed by atoms with Crippen LogP contribution in [0.4, 0.5) is 8.78 Å². The highest BCUT2D eigenvalue weighted by Crippen LogP contribution is 2.32. The van der Waals surface area contributed by atoms with Crippen molar-refractivity contribution in [2.45, 2.75) is 37.5 Å². The maximum absolute atomic E-state index is 13.9. The van der Waals surface area contributed by atoms with Gasteiger partial charge < -0.3 is 9.64 Å². The van der Waals surface area contributed by atoms with Crippen molar-refractivity contribution in [2.75, 3.05) is 13.1 Å². The monoisotopic (exact) mass is 444 g/mol. The van der Waals surface area contributed by atoms with Gasteiger partial charge in [0.15, 0.2) is 5.82 Å². The van der Waals surface area contributed by atoms with Gasteiger partial charge in [0.25, 0.3) is 5.19 Å². The molecule has 2 atom stereocenters. The van der Waals surface area contributed by atoms with Crippen molar-refractivity contribution < 1.29 is 18.3 Å². The second-order valence-electron chi connectivity index (χ2n) is 7.90. The number of aromatic nitrogens is 1. The minimum Gasteiger partial charge on any atom is -0.467 e. The Balaban J connectivity index is 1.15. The highest BCUT2D eigenvalue weighted by atomic mass is 32.1. The fraction of sp³-hybridized carbons (Fsp3) is 0.364. The van der Waals surface area contributed by atoms with Gasteiger partial charge in [0.05, 0.1) is 4.70 Å². The van der Waals surface area contributed by atoms with Crippen molar-refractivity contribution in [1.82, 2.24) is 20.7 Å². The largest absolute Gasteiger partial charge is 0.467 e. The highest BCUT2D eigenvalue weighted by Gasteiger charge is 2.34. The average Bonchev–Trinajstić information content (AvgIpc) is 3.42. The molecule has 6 nitrogen and oxygen atoms in total. The molecule has 2 N–H and O–H groups in total. The van der Waals surface area contributed by atoms with Crippen LogP contribution in [-0.4, -0.2) is 41.0 Å². The third-order valence-corrected chi connectivity index (χ3v) is 6.71. The zero-order chi connectivity index (χ0) is 21.4. The Morgan fingerprint density at radius 3 is 2.68 bits per heavy atom. The number of piperidine rings is 1. The number of thiazole rings is 1. The van der Waals surface area contributed by atoms with Crippen molar-refractivity contribution in [3.63, 3.8) is 0 Å². The summed E-state index contributed by atoms with van der Waals surface area (Å²) in [7, 11) is 0. The van der Waals surface area contributed by atoms with E-state index in [1.165, 1.54) is 6.07 Å². The van der Waals surface area contributed by atoms with Crippen LogP contribution in [0.1, 0.15) is 30.9 Å². The number of nitrogens with one attached hydrogen (secondary N) is 2. The third kappa shape index (κ3) is 4.26. The Hall–Kier alpha value is -2.62. The summed E-state index contributed by atoms with van der Waals surface area (Å²) in [6, 6.07) is 12.0. The molecular formula is C22H22F2N4O2S. The molecule has 9 heteroatoms. The van der Waals surface area contributed by atoms with E-state index in [1.807, 2.05) is 23.1 Å². The van der Waals surface area contributed by atoms with E-state index < -0.39 is 11.6 Å². The van der Waals surface area contributed by atoms with Gasteiger partial charge in [0, 0.05) is 38.0 Å². The van der Waals surface area contributed by atoms with E-state index in [0.717, 1.165) is 23.0 Å². The second-order valence-corrected chi connectivity index (χ2v) is 8.89. The molecule has 0 saturated carbocycles. The van der Waals surface area contributed by atoms with Gasteiger partial charge in [0.1, 0.15) is 23.5 Å². The summed E-state index contributed by atoms with van der Waals surface area (Å²) < 4.78 is 33.6. The van der Waals surface area contributed by atoms with Gasteiger partial charge in [-0.05, 0) is 18.1 Å². The Morgan fingerprint density at radius 1 is 1.13 bits per heavy atom. The number of ether oxygens (including phenoxy) is 1. The predicted octanol–water partition coefficient (Wildman–Crippen LogP) is 3.55. The smallest absolute Gasteiger partial charge is 0.274 e. The maximum Gasteiger partial charge on any atom is 0.274 e. The van der Waals surface area contributed by atoms with E-state index in [-0.39, 0.29) is 29.6 Å². The minimum absolute atomic E-state index is 0.0851. The topological polar surface area (TPSA) is 66.5 Å². The van der Waals surface area contributed by atoms with Gasteiger partial charge in [-0.25, -0.2) is 19.6 Å². The van der Waals surface area contributed by atoms with Crippen LogP contribution >= 0.6 is 11.3 Å². The lowest BCUT2D eigenvalue weighted by Crippen LogP contribution is -2.49. The van der Waals surface area contributed by atoms with Crippen LogP contribution < -0.4 is 15.6 Å². The van der Waals surface area contributed by atoms with Crippen molar-refractivity contribution in [3.05, 3.63) is 59.7 Å². The molecule has 2 unspecified atom stereocenters. The molecule has 2 aliphatic rings. The summed E-state index contributed by atoms with van der Waals surface area (Å²) in [6.07, 6.45) is 1.93. The molecule has 1 amide bonds. The lowest BCUT2D eigenvalue weighted by molar-refractivity contribution is -0.135. The van der Waals surface area contributed by atoms with E-state index in [2.05, 4.69) is 28.0 Å². The van der Waals surface area contributed by atoms with Crippen LogP contribution in [-0.2, 0) is 4.79 Å². The third-order valence-electron chi connectivity index (χ3n) is 5.82. The minimum atomic E-state index is -0.687. The molecule has 0 radical (unpaired) electrons. The van der Waals surface area contributed by atoms with Crippen LogP contribution in [0.3, 0.4) is 0 Å².